The molecule has 0 amide bonds. The Labute approximate surface area is 131 Å². The number of likely N-dealkylation sites (tertiary alicyclic amines) is 1. The van der Waals surface area contributed by atoms with Gasteiger partial charge in [-0.05, 0) is 61.2 Å². The highest BCUT2D eigenvalue weighted by atomic mass is 15.1. The van der Waals surface area contributed by atoms with Gasteiger partial charge in [0, 0.05) is 6.54 Å². The summed E-state index contributed by atoms with van der Waals surface area (Å²) in [6, 6.07) is 9.34. The molecule has 0 saturated carbocycles. The van der Waals surface area contributed by atoms with Gasteiger partial charge in [0.05, 0.1) is 0 Å². The van der Waals surface area contributed by atoms with Crippen LogP contribution in [0.2, 0.25) is 0 Å². The molecule has 1 aliphatic rings. The first-order valence-corrected chi connectivity index (χ1v) is 8.72. The molecule has 1 saturated heterocycles. The van der Waals surface area contributed by atoms with Gasteiger partial charge in [-0.3, -0.25) is 0 Å². The highest BCUT2D eigenvalue weighted by Crippen LogP contribution is 2.21. The zero-order valence-corrected chi connectivity index (χ0v) is 14.5. The van der Waals surface area contributed by atoms with Crippen molar-refractivity contribution in [2.75, 3.05) is 19.6 Å². The first kappa shape index (κ1) is 16.5. The van der Waals surface area contributed by atoms with Gasteiger partial charge in [0.2, 0.25) is 0 Å². The van der Waals surface area contributed by atoms with Crippen LogP contribution in [-0.4, -0.2) is 24.5 Å². The minimum absolute atomic E-state index is 0.378. The summed E-state index contributed by atoms with van der Waals surface area (Å²) >= 11 is 0. The summed E-state index contributed by atoms with van der Waals surface area (Å²) in [6.45, 7) is 13.2. The topological polar surface area (TPSA) is 3.24 Å². The van der Waals surface area contributed by atoms with Crippen LogP contribution in [0.4, 0.5) is 0 Å². The summed E-state index contributed by atoms with van der Waals surface area (Å²) in [7, 11) is 0. The molecule has 0 bridgehead atoms. The Hall–Kier alpha value is -0.820. The molecule has 1 unspecified atom stereocenters. The second kappa shape index (κ2) is 7.45. The van der Waals surface area contributed by atoms with Crippen LogP contribution in [0, 0.1) is 11.3 Å². The molecule has 1 aliphatic heterocycles. The molecule has 0 spiro atoms. The number of hydrogen-bond donors (Lipinski definition) is 0. The van der Waals surface area contributed by atoms with Crippen molar-refractivity contribution in [1.82, 2.24) is 4.90 Å². The standard InChI is InChI=1S/C20H33N/c1-17(16-21-12-6-5-7-13-21)14-18-8-10-19(11-9-18)15-20(2,3)4/h8-11,17H,5-7,12-16H2,1-4H3. The lowest BCUT2D eigenvalue weighted by atomic mass is 9.87. The van der Waals surface area contributed by atoms with E-state index in [9.17, 15) is 0 Å². The fourth-order valence-corrected chi connectivity index (χ4v) is 3.46. The highest BCUT2D eigenvalue weighted by Gasteiger charge is 2.14. The lowest BCUT2D eigenvalue weighted by Gasteiger charge is -2.29. The first-order chi connectivity index (χ1) is 9.92. The van der Waals surface area contributed by atoms with E-state index >= 15 is 0 Å². The molecule has 2 rings (SSSR count). The zero-order valence-electron chi connectivity index (χ0n) is 14.5. The third kappa shape index (κ3) is 6.22. The molecular weight excluding hydrogens is 254 g/mol. The average Bonchev–Trinajstić information content (AvgIpc) is 2.40. The van der Waals surface area contributed by atoms with Gasteiger partial charge in [-0.2, -0.15) is 0 Å². The van der Waals surface area contributed by atoms with Crippen molar-refractivity contribution in [3.8, 4) is 0 Å². The monoisotopic (exact) mass is 287 g/mol. The van der Waals surface area contributed by atoms with Gasteiger partial charge in [0.15, 0.2) is 0 Å². The van der Waals surface area contributed by atoms with Crippen molar-refractivity contribution in [1.29, 1.82) is 0 Å². The fraction of sp³-hybridized carbons (Fsp3) is 0.700. The molecule has 1 fully saturated rings. The molecule has 1 heterocycles. The van der Waals surface area contributed by atoms with Gasteiger partial charge in [-0.15, -0.1) is 0 Å². The van der Waals surface area contributed by atoms with E-state index in [1.165, 1.54) is 56.4 Å². The Balaban J connectivity index is 1.81. The summed E-state index contributed by atoms with van der Waals surface area (Å²) in [5, 5.41) is 0. The fourth-order valence-electron chi connectivity index (χ4n) is 3.46. The molecule has 0 N–H and O–H groups in total. The van der Waals surface area contributed by atoms with Crippen molar-refractivity contribution in [3.05, 3.63) is 35.4 Å². The third-order valence-corrected chi connectivity index (χ3v) is 4.36. The van der Waals surface area contributed by atoms with Crippen molar-refractivity contribution in [2.45, 2.75) is 59.8 Å². The van der Waals surface area contributed by atoms with Crippen molar-refractivity contribution >= 4 is 0 Å². The highest BCUT2D eigenvalue weighted by molar-refractivity contribution is 5.23. The van der Waals surface area contributed by atoms with Gasteiger partial charge in [-0.1, -0.05) is 58.4 Å². The van der Waals surface area contributed by atoms with E-state index < -0.39 is 0 Å². The Morgan fingerprint density at radius 3 is 2.10 bits per heavy atom. The van der Waals surface area contributed by atoms with Crippen LogP contribution >= 0.6 is 0 Å². The molecule has 1 atom stereocenters. The van der Waals surface area contributed by atoms with Crippen LogP contribution in [-0.2, 0) is 12.8 Å². The van der Waals surface area contributed by atoms with E-state index in [4.69, 9.17) is 0 Å². The molecule has 0 radical (unpaired) electrons. The number of piperidine rings is 1. The van der Waals surface area contributed by atoms with Crippen molar-refractivity contribution < 1.29 is 0 Å². The molecule has 1 aromatic rings. The van der Waals surface area contributed by atoms with Crippen molar-refractivity contribution in [3.63, 3.8) is 0 Å². The second-order valence-corrected chi connectivity index (χ2v) is 8.22. The Morgan fingerprint density at radius 1 is 0.952 bits per heavy atom. The molecular formula is C20H33N. The molecule has 21 heavy (non-hydrogen) atoms. The molecule has 1 aromatic carbocycles. The number of hydrogen-bond acceptors (Lipinski definition) is 1. The zero-order chi connectivity index (χ0) is 15.3. The quantitative estimate of drug-likeness (QED) is 0.741. The van der Waals surface area contributed by atoms with Crippen LogP contribution < -0.4 is 0 Å². The largest absolute Gasteiger partial charge is 0.303 e. The van der Waals surface area contributed by atoms with Gasteiger partial charge in [-0.25, -0.2) is 0 Å². The molecule has 0 aliphatic carbocycles. The average molecular weight is 287 g/mol. The third-order valence-electron chi connectivity index (χ3n) is 4.36. The minimum Gasteiger partial charge on any atom is -0.303 e. The maximum atomic E-state index is 2.65. The van der Waals surface area contributed by atoms with Gasteiger partial charge in [0.25, 0.3) is 0 Å². The molecule has 1 nitrogen and oxygen atoms in total. The predicted octanol–water partition coefficient (Wildman–Crippen LogP) is 4.94. The van der Waals surface area contributed by atoms with Crippen LogP contribution in [0.1, 0.15) is 58.1 Å². The summed E-state index contributed by atoms with van der Waals surface area (Å²) < 4.78 is 0. The Kier molecular flexibility index (Phi) is 5.87. The van der Waals surface area contributed by atoms with Gasteiger partial charge >= 0.3 is 0 Å². The lowest BCUT2D eigenvalue weighted by Crippen LogP contribution is -2.34. The van der Waals surface area contributed by atoms with Crippen LogP contribution in [0.5, 0.6) is 0 Å². The van der Waals surface area contributed by atoms with E-state index in [-0.39, 0.29) is 0 Å². The summed E-state index contributed by atoms with van der Waals surface area (Å²) in [6.07, 6.45) is 6.60. The number of benzene rings is 1. The van der Waals surface area contributed by atoms with Crippen LogP contribution in [0.15, 0.2) is 24.3 Å². The minimum atomic E-state index is 0.378. The number of nitrogens with zero attached hydrogens (tertiary/aromatic N) is 1. The van der Waals surface area contributed by atoms with E-state index in [0.717, 1.165) is 12.3 Å². The maximum Gasteiger partial charge on any atom is 0.00102 e. The predicted molar refractivity (Wildman–Crippen MR) is 92.8 cm³/mol. The molecule has 118 valence electrons. The number of rotatable bonds is 5. The summed E-state index contributed by atoms with van der Waals surface area (Å²) in [5.74, 6) is 0.761. The van der Waals surface area contributed by atoms with Crippen molar-refractivity contribution in [2.24, 2.45) is 11.3 Å². The van der Waals surface area contributed by atoms with E-state index in [0.29, 0.717) is 5.41 Å². The van der Waals surface area contributed by atoms with E-state index in [1.54, 1.807) is 0 Å². The Morgan fingerprint density at radius 2 is 1.52 bits per heavy atom. The van der Waals surface area contributed by atoms with E-state index in [2.05, 4.69) is 56.9 Å². The Bertz CT molecular complexity index is 406. The van der Waals surface area contributed by atoms with E-state index in [1.807, 2.05) is 0 Å². The second-order valence-electron chi connectivity index (χ2n) is 8.22. The summed E-state index contributed by atoms with van der Waals surface area (Å²) in [4.78, 5) is 2.65. The van der Waals surface area contributed by atoms with Crippen LogP contribution in [0.3, 0.4) is 0 Å². The maximum absolute atomic E-state index is 2.65. The lowest BCUT2D eigenvalue weighted by molar-refractivity contribution is 0.200. The van der Waals surface area contributed by atoms with Gasteiger partial charge in [0.1, 0.15) is 0 Å². The molecule has 0 aromatic heterocycles. The smallest absolute Gasteiger partial charge is 0.00102 e. The molecule has 1 heteroatoms. The van der Waals surface area contributed by atoms with Crippen LogP contribution in [0.25, 0.3) is 0 Å². The normalized spacial score (nSPS) is 18.7. The summed E-state index contributed by atoms with van der Waals surface area (Å²) in [5.41, 5.74) is 3.34. The first-order valence-electron chi connectivity index (χ1n) is 8.72. The van der Waals surface area contributed by atoms with Gasteiger partial charge < -0.3 is 4.90 Å². The SMILES string of the molecule is CC(Cc1ccc(CC(C)(C)C)cc1)CN1CCCCC1.